The smallest absolute Gasteiger partial charge is 0.194 e. The topological polar surface area (TPSA) is 52.8 Å². The number of pyridine rings is 1. The molecule has 0 fully saturated rings. The Kier molecular flexibility index (Phi) is 2.48. The van der Waals surface area contributed by atoms with Gasteiger partial charge in [0, 0.05) is 11.6 Å². The van der Waals surface area contributed by atoms with Gasteiger partial charge in [-0.1, -0.05) is 0 Å². The Bertz CT molecular complexity index is 686. The second-order valence-electron chi connectivity index (χ2n) is 4.21. The van der Waals surface area contributed by atoms with Gasteiger partial charge >= 0.3 is 0 Å². The highest BCUT2D eigenvalue weighted by Gasteiger charge is 2.08. The molecule has 0 saturated carbocycles. The van der Waals surface area contributed by atoms with Crippen LogP contribution in [0.4, 0.5) is 0 Å². The summed E-state index contributed by atoms with van der Waals surface area (Å²) in [7, 11) is 0. The fourth-order valence-electron chi connectivity index (χ4n) is 1.95. The minimum Gasteiger partial charge on any atom is -0.508 e. The number of hydrogen-bond acceptors (Lipinski definition) is 2. The van der Waals surface area contributed by atoms with Gasteiger partial charge in [0.25, 0.3) is 0 Å². The van der Waals surface area contributed by atoms with Crippen molar-refractivity contribution in [2.45, 2.75) is 13.5 Å². The Labute approximate surface area is 105 Å². The molecule has 2 aromatic heterocycles. The van der Waals surface area contributed by atoms with Crippen LogP contribution >= 0.6 is 0 Å². The molecule has 0 atom stereocenters. The van der Waals surface area contributed by atoms with Gasteiger partial charge in [-0.25, -0.2) is 9.55 Å². The van der Waals surface area contributed by atoms with Crippen LogP contribution in [0.25, 0.3) is 22.4 Å². The quantitative estimate of drug-likeness (QED) is 0.675. The van der Waals surface area contributed by atoms with Gasteiger partial charge in [-0.3, -0.25) is 0 Å². The highest BCUT2D eigenvalue weighted by molar-refractivity contribution is 5.77. The molecule has 0 unspecified atom stereocenters. The first kappa shape index (κ1) is 10.8. The predicted molar refractivity (Wildman–Crippen MR) is 69.1 cm³/mol. The standard InChI is InChI=1S/C14H13N3O/c1-2-17-8-7-12-13(9-17)16-14(15-12)10-3-5-11(18)6-4-10/h3-9H,2H2,1H3,(H,16,18)/p+1. The van der Waals surface area contributed by atoms with Crippen molar-refractivity contribution in [1.82, 2.24) is 9.97 Å². The van der Waals surface area contributed by atoms with E-state index in [9.17, 15) is 5.11 Å². The number of H-pyrrole nitrogens is 1. The van der Waals surface area contributed by atoms with E-state index in [1.165, 1.54) is 0 Å². The van der Waals surface area contributed by atoms with Crippen LogP contribution in [-0.2, 0) is 6.54 Å². The molecule has 3 rings (SSSR count). The van der Waals surface area contributed by atoms with E-state index < -0.39 is 0 Å². The summed E-state index contributed by atoms with van der Waals surface area (Å²) in [4.78, 5) is 7.83. The molecule has 0 amide bonds. The number of fused-ring (bicyclic) bond motifs is 1. The van der Waals surface area contributed by atoms with Crippen LogP contribution in [0.3, 0.4) is 0 Å². The number of hydrogen-bond donors (Lipinski definition) is 2. The second-order valence-corrected chi connectivity index (χ2v) is 4.21. The van der Waals surface area contributed by atoms with Gasteiger partial charge in [-0.05, 0) is 31.2 Å². The van der Waals surface area contributed by atoms with Gasteiger partial charge in [0.15, 0.2) is 12.4 Å². The molecule has 18 heavy (non-hydrogen) atoms. The zero-order chi connectivity index (χ0) is 12.5. The lowest BCUT2D eigenvalue weighted by atomic mass is 10.2. The van der Waals surface area contributed by atoms with Crippen molar-refractivity contribution in [3.63, 3.8) is 0 Å². The maximum Gasteiger partial charge on any atom is 0.194 e. The van der Waals surface area contributed by atoms with Crippen molar-refractivity contribution in [2.24, 2.45) is 0 Å². The number of imidazole rings is 1. The van der Waals surface area contributed by atoms with Crippen molar-refractivity contribution in [3.05, 3.63) is 42.7 Å². The number of phenolic OH excluding ortho intramolecular Hbond substituents is 1. The summed E-state index contributed by atoms with van der Waals surface area (Å²) in [6, 6.07) is 9.02. The number of phenols is 1. The van der Waals surface area contributed by atoms with Crippen molar-refractivity contribution >= 4 is 11.0 Å². The highest BCUT2D eigenvalue weighted by atomic mass is 16.3. The van der Waals surface area contributed by atoms with Gasteiger partial charge in [0.1, 0.15) is 29.2 Å². The summed E-state index contributed by atoms with van der Waals surface area (Å²) in [5.74, 6) is 1.08. The maximum absolute atomic E-state index is 9.28. The molecule has 4 nitrogen and oxygen atoms in total. The first-order valence-electron chi connectivity index (χ1n) is 5.94. The van der Waals surface area contributed by atoms with E-state index in [0.29, 0.717) is 0 Å². The van der Waals surface area contributed by atoms with Crippen molar-refractivity contribution in [3.8, 4) is 17.1 Å². The molecule has 0 aliphatic carbocycles. The zero-order valence-corrected chi connectivity index (χ0v) is 10.1. The van der Waals surface area contributed by atoms with Crippen LogP contribution in [-0.4, -0.2) is 15.1 Å². The molecule has 0 aliphatic heterocycles. The molecule has 0 bridgehead atoms. The van der Waals surface area contributed by atoms with Crippen molar-refractivity contribution in [2.75, 3.05) is 0 Å². The normalized spacial score (nSPS) is 10.9. The molecule has 2 heterocycles. The van der Waals surface area contributed by atoms with E-state index in [1.807, 2.05) is 30.6 Å². The molecular weight excluding hydrogens is 226 g/mol. The Morgan fingerprint density at radius 1 is 1.22 bits per heavy atom. The van der Waals surface area contributed by atoms with E-state index in [2.05, 4.69) is 21.5 Å². The number of rotatable bonds is 2. The molecule has 0 radical (unpaired) electrons. The molecule has 1 aromatic carbocycles. The van der Waals surface area contributed by atoms with Gasteiger partial charge in [-0.2, -0.15) is 0 Å². The predicted octanol–water partition coefficient (Wildman–Crippen LogP) is 2.24. The van der Waals surface area contributed by atoms with Gasteiger partial charge in [0.05, 0.1) is 0 Å². The number of benzene rings is 1. The molecule has 0 spiro atoms. The number of aromatic amines is 1. The molecular formula is C14H14N3O+. The Morgan fingerprint density at radius 2 is 2.00 bits per heavy atom. The minimum atomic E-state index is 0.263. The summed E-state index contributed by atoms with van der Waals surface area (Å²) in [5, 5.41) is 9.28. The summed E-state index contributed by atoms with van der Waals surface area (Å²) >= 11 is 0. The number of aryl methyl sites for hydroxylation is 1. The van der Waals surface area contributed by atoms with Crippen LogP contribution in [0.1, 0.15) is 6.92 Å². The first-order valence-corrected chi connectivity index (χ1v) is 5.94. The third-order valence-corrected chi connectivity index (χ3v) is 2.99. The number of nitrogens with one attached hydrogen (secondary N) is 1. The fourth-order valence-corrected chi connectivity index (χ4v) is 1.95. The van der Waals surface area contributed by atoms with Gasteiger partial charge in [0.2, 0.25) is 0 Å². The molecule has 4 heteroatoms. The molecule has 2 N–H and O–H groups in total. The first-order chi connectivity index (χ1) is 8.76. The van der Waals surface area contributed by atoms with Crippen molar-refractivity contribution < 1.29 is 9.67 Å². The SMILES string of the molecule is CC[n+]1ccc2nc(-c3ccc(O)cc3)[nH]c2c1. The van der Waals surface area contributed by atoms with Crippen LogP contribution in [0.5, 0.6) is 5.75 Å². The number of nitrogens with zero attached hydrogens (tertiary/aromatic N) is 2. The van der Waals surface area contributed by atoms with Crippen LogP contribution in [0, 0.1) is 0 Å². The van der Waals surface area contributed by atoms with E-state index >= 15 is 0 Å². The second kappa shape index (κ2) is 4.14. The summed E-state index contributed by atoms with van der Waals surface area (Å²) < 4.78 is 2.10. The Balaban J connectivity index is 2.10. The lowest BCUT2D eigenvalue weighted by molar-refractivity contribution is -0.692. The van der Waals surface area contributed by atoms with E-state index in [4.69, 9.17) is 0 Å². The largest absolute Gasteiger partial charge is 0.508 e. The summed E-state index contributed by atoms with van der Waals surface area (Å²) in [6.45, 7) is 3.03. The monoisotopic (exact) mass is 240 g/mol. The summed E-state index contributed by atoms with van der Waals surface area (Å²) in [5.41, 5.74) is 2.93. The number of aromatic nitrogens is 3. The third kappa shape index (κ3) is 1.82. The Morgan fingerprint density at radius 3 is 2.72 bits per heavy atom. The van der Waals surface area contributed by atoms with Gasteiger partial charge < -0.3 is 10.1 Å². The van der Waals surface area contributed by atoms with E-state index in [0.717, 1.165) is 29.0 Å². The van der Waals surface area contributed by atoms with Crippen LogP contribution < -0.4 is 4.57 Å². The average Bonchev–Trinajstić information content (AvgIpc) is 2.82. The highest BCUT2D eigenvalue weighted by Crippen LogP contribution is 2.21. The van der Waals surface area contributed by atoms with Crippen LogP contribution in [0.2, 0.25) is 0 Å². The van der Waals surface area contributed by atoms with E-state index in [-0.39, 0.29) is 5.75 Å². The lowest BCUT2D eigenvalue weighted by Gasteiger charge is -1.95. The minimum absolute atomic E-state index is 0.263. The number of aromatic hydroxyl groups is 1. The van der Waals surface area contributed by atoms with E-state index in [1.54, 1.807) is 12.1 Å². The van der Waals surface area contributed by atoms with Crippen LogP contribution in [0.15, 0.2) is 42.7 Å². The summed E-state index contributed by atoms with van der Waals surface area (Å²) in [6.07, 6.45) is 4.07. The molecule has 0 saturated heterocycles. The average molecular weight is 240 g/mol. The Hall–Kier alpha value is -2.36. The molecule has 90 valence electrons. The van der Waals surface area contributed by atoms with Gasteiger partial charge in [-0.15, -0.1) is 0 Å². The zero-order valence-electron chi connectivity index (χ0n) is 10.1. The maximum atomic E-state index is 9.28. The lowest BCUT2D eigenvalue weighted by Crippen LogP contribution is -2.30. The molecule has 3 aromatic rings. The fraction of sp³-hybridized carbons (Fsp3) is 0.143. The third-order valence-electron chi connectivity index (χ3n) is 2.99. The van der Waals surface area contributed by atoms with Crippen molar-refractivity contribution in [1.29, 1.82) is 0 Å². The molecule has 0 aliphatic rings.